The van der Waals surface area contributed by atoms with Crippen LogP contribution in [0.4, 0.5) is 0 Å². The van der Waals surface area contributed by atoms with Crippen LogP contribution in [0.25, 0.3) is 0 Å². The number of hydrogen-bond donors (Lipinski definition) is 0. The predicted molar refractivity (Wildman–Crippen MR) is 29.0 cm³/mol. The molecule has 0 heterocycles. The van der Waals surface area contributed by atoms with Gasteiger partial charge in [0.1, 0.15) is 6.26 Å². The molecule has 4 nitrogen and oxygen atoms in total. The van der Waals surface area contributed by atoms with Gasteiger partial charge in [-0.1, -0.05) is 0 Å². The molecule has 48 valence electrons. The van der Waals surface area contributed by atoms with Crippen LogP contribution in [0.5, 0.6) is 0 Å². The monoisotopic (exact) mass is 127 g/mol. The van der Waals surface area contributed by atoms with Crippen molar-refractivity contribution < 1.29 is 14.3 Å². The summed E-state index contributed by atoms with van der Waals surface area (Å²) in [6.07, 6.45) is 3.28. The van der Waals surface area contributed by atoms with Crippen LogP contribution >= 0.6 is 0 Å². The highest BCUT2D eigenvalue weighted by molar-refractivity contribution is 5.66. The Labute approximate surface area is 51.8 Å². The van der Waals surface area contributed by atoms with Gasteiger partial charge in [-0.3, -0.25) is 4.79 Å². The van der Waals surface area contributed by atoms with Gasteiger partial charge in [0.25, 0.3) is 0 Å². The Bertz CT molecular complexity index is 167. The van der Waals surface area contributed by atoms with Crippen molar-refractivity contribution in [3.8, 4) is 0 Å². The van der Waals surface area contributed by atoms with Crippen LogP contribution < -0.4 is 0 Å². The van der Waals surface area contributed by atoms with Crippen molar-refractivity contribution in [2.24, 2.45) is 4.99 Å². The Hall–Kier alpha value is -1.41. The van der Waals surface area contributed by atoms with Crippen molar-refractivity contribution >= 4 is 12.0 Å². The van der Waals surface area contributed by atoms with E-state index in [9.17, 15) is 9.59 Å². The molecule has 0 radical (unpaired) electrons. The maximum atomic E-state index is 9.99. The highest BCUT2D eigenvalue weighted by Gasteiger charge is 1.81. The summed E-state index contributed by atoms with van der Waals surface area (Å²) >= 11 is 0. The van der Waals surface area contributed by atoms with E-state index in [1.807, 2.05) is 0 Å². The first-order valence-corrected chi connectivity index (χ1v) is 2.16. The molecule has 4 heteroatoms. The van der Waals surface area contributed by atoms with E-state index in [0.29, 0.717) is 0 Å². The van der Waals surface area contributed by atoms with Crippen molar-refractivity contribution in [2.45, 2.75) is 6.92 Å². The van der Waals surface area contributed by atoms with Gasteiger partial charge in [-0.2, -0.15) is 4.99 Å². The van der Waals surface area contributed by atoms with E-state index in [4.69, 9.17) is 0 Å². The summed E-state index contributed by atoms with van der Waals surface area (Å²) in [6.45, 7) is 1.25. The lowest BCUT2D eigenvalue weighted by Gasteiger charge is -1.84. The quantitative estimate of drug-likeness (QED) is 0.233. The minimum absolute atomic E-state index is 0.452. The molecule has 0 aromatic heterocycles. The first-order valence-electron chi connectivity index (χ1n) is 2.16. The zero-order chi connectivity index (χ0) is 7.11. The molecule has 0 aliphatic carbocycles. The maximum Gasteiger partial charge on any atom is 0.307 e. The molecule has 0 aromatic rings. The Balaban J connectivity index is 3.48. The number of hydrogen-bond acceptors (Lipinski definition) is 4. The highest BCUT2D eigenvalue weighted by atomic mass is 16.5. The Kier molecular flexibility index (Phi) is 4.00. The molecule has 0 aromatic carbocycles. The summed E-state index contributed by atoms with van der Waals surface area (Å²) in [5, 5.41) is 0. The standard InChI is InChI=1S/C5H5NO3/c1-5(8)9-3-2-6-4-7/h2-3H,1H3. The third kappa shape index (κ3) is 6.59. The van der Waals surface area contributed by atoms with Crippen LogP contribution in [0.1, 0.15) is 6.92 Å². The van der Waals surface area contributed by atoms with Gasteiger partial charge in [-0.25, -0.2) is 4.79 Å². The lowest BCUT2D eigenvalue weighted by Crippen LogP contribution is -1.88. The average Bonchev–Trinajstić information content (AvgIpc) is 1.80. The van der Waals surface area contributed by atoms with E-state index in [2.05, 4.69) is 9.73 Å². The van der Waals surface area contributed by atoms with Gasteiger partial charge >= 0.3 is 5.97 Å². The Morgan fingerprint density at radius 2 is 2.44 bits per heavy atom. The molecule has 0 atom stereocenters. The molecule has 0 aliphatic rings. The molecule has 0 aliphatic heterocycles. The van der Waals surface area contributed by atoms with Crippen molar-refractivity contribution in [1.82, 2.24) is 0 Å². The maximum absolute atomic E-state index is 9.99. The molecule has 0 fully saturated rings. The summed E-state index contributed by atoms with van der Waals surface area (Å²) < 4.78 is 4.25. The van der Waals surface area contributed by atoms with Crippen LogP contribution in [-0.2, 0) is 14.3 Å². The number of rotatable bonds is 2. The van der Waals surface area contributed by atoms with E-state index < -0.39 is 5.97 Å². The van der Waals surface area contributed by atoms with E-state index in [1.165, 1.54) is 13.0 Å². The number of carbonyl (C=O) groups is 1. The third-order valence-corrected chi connectivity index (χ3v) is 0.422. The smallest absolute Gasteiger partial charge is 0.307 e. The first-order chi connectivity index (χ1) is 4.27. The molecule has 0 unspecified atom stereocenters. The van der Waals surface area contributed by atoms with Crippen LogP contribution in [0, 0.1) is 0 Å². The number of aliphatic imine (C=N–C) groups is 1. The van der Waals surface area contributed by atoms with Gasteiger partial charge in [-0.15, -0.1) is 0 Å². The second kappa shape index (κ2) is 4.74. The van der Waals surface area contributed by atoms with Gasteiger partial charge < -0.3 is 4.74 Å². The summed E-state index contributed by atoms with van der Waals surface area (Å²) in [4.78, 5) is 22.3. The minimum atomic E-state index is -0.452. The van der Waals surface area contributed by atoms with Crippen molar-refractivity contribution in [2.75, 3.05) is 0 Å². The molecule has 0 saturated heterocycles. The first kappa shape index (κ1) is 7.59. The summed E-state index contributed by atoms with van der Waals surface area (Å²) in [6, 6.07) is 0. The summed E-state index contributed by atoms with van der Waals surface area (Å²) in [5.74, 6) is -0.452. The number of isocyanates is 1. The topological polar surface area (TPSA) is 55.7 Å². The molecule has 0 bridgehead atoms. The molecule has 0 N–H and O–H groups in total. The minimum Gasteiger partial charge on any atom is -0.433 e. The highest BCUT2D eigenvalue weighted by Crippen LogP contribution is 1.77. The lowest BCUT2D eigenvalue weighted by atomic mass is 10.8. The second-order valence-corrected chi connectivity index (χ2v) is 1.11. The van der Waals surface area contributed by atoms with Gasteiger partial charge in [0.2, 0.25) is 6.08 Å². The zero-order valence-electron chi connectivity index (χ0n) is 4.83. The molecule has 0 amide bonds. The van der Waals surface area contributed by atoms with Crippen molar-refractivity contribution in [3.05, 3.63) is 12.5 Å². The third-order valence-electron chi connectivity index (χ3n) is 0.422. The lowest BCUT2D eigenvalue weighted by molar-refractivity contribution is -0.135. The van der Waals surface area contributed by atoms with E-state index >= 15 is 0 Å². The van der Waals surface area contributed by atoms with Gasteiger partial charge in [0.05, 0.1) is 6.20 Å². The number of nitrogens with zero attached hydrogens (tertiary/aromatic N) is 1. The Morgan fingerprint density at radius 3 is 2.89 bits per heavy atom. The molecular formula is C5H5NO3. The van der Waals surface area contributed by atoms with Crippen molar-refractivity contribution in [3.63, 3.8) is 0 Å². The van der Waals surface area contributed by atoms with E-state index in [0.717, 1.165) is 12.5 Å². The van der Waals surface area contributed by atoms with Crippen LogP contribution in [-0.4, -0.2) is 12.0 Å². The summed E-state index contributed by atoms with van der Waals surface area (Å²) in [7, 11) is 0. The van der Waals surface area contributed by atoms with Crippen LogP contribution in [0.2, 0.25) is 0 Å². The predicted octanol–water partition coefficient (Wildman–Crippen LogP) is 0.356. The Morgan fingerprint density at radius 1 is 1.78 bits per heavy atom. The van der Waals surface area contributed by atoms with Crippen LogP contribution in [0.3, 0.4) is 0 Å². The van der Waals surface area contributed by atoms with E-state index in [1.54, 1.807) is 0 Å². The number of ether oxygens (including phenoxy) is 1. The van der Waals surface area contributed by atoms with Gasteiger partial charge in [0, 0.05) is 6.92 Å². The second-order valence-electron chi connectivity index (χ2n) is 1.11. The number of esters is 1. The molecular weight excluding hydrogens is 122 g/mol. The molecule has 0 spiro atoms. The molecule has 0 saturated carbocycles. The normalized spacial score (nSPS) is 8.56. The largest absolute Gasteiger partial charge is 0.433 e. The fourth-order valence-electron chi connectivity index (χ4n) is 0.187. The molecule has 9 heavy (non-hydrogen) atoms. The fraction of sp³-hybridized carbons (Fsp3) is 0.200. The van der Waals surface area contributed by atoms with Crippen LogP contribution in [0.15, 0.2) is 17.5 Å². The molecule has 0 rings (SSSR count). The van der Waals surface area contributed by atoms with Gasteiger partial charge in [-0.05, 0) is 0 Å². The van der Waals surface area contributed by atoms with E-state index in [-0.39, 0.29) is 0 Å². The zero-order valence-corrected chi connectivity index (χ0v) is 4.83. The SMILES string of the molecule is CC(=O)OC=CN=C=O. The summed E-state index contributed by atoms with van der Waals surface area (Å²) in [5.41, 5.74) is 0. The number of carbonyl (C=O) groups excluding carboxylic acids is 2. The van der Waals surface area contributed by atoms with Crippen molar-refractivity contribution in [1.29, 1.82) is 0 Å². The average molecular weight is 127 g/mol. The van der Waals surface area contributed by atoms with Gasteiger partial charge in [0.15, 0.2) is 0 Å². The fourth-order valence-corrected chi connectivity index (χ4v) is 0.187.